The molecule has 5 heteroatoms. The first kappa shape index (κ1) is 21.8. The first-order valence-electron chi connectivity index (χ1n) is 9.70. The van der Waals surface area contributed by atoms with Crippen molar-refractivity contribution >= 4 is 5.91 Å². The molecule has 2 aromatic rings. The number of amides is 1. The fourth-order valence-electron chi connectivity index (χ4n) is 3.28. The third-order valence-corrected chi connectivity index (χ3v) is 4.73. The number of carbonyl (C=O) groups excluding carboxylic acids is 1. The van der Waals surface area contributed by atoms with Crippen LogP contribution in [0, 0.1) is 6.92 Å². The summed E-state index contributed by atoms with van der Waals surface area (Å²) in [5.74, 6) is 1.05. The van der Waals surface area contributed by atoms with Gasteiger partial charge in [0.05, 0.1) is 7.11 Å². The van der Waals surface area contributed by atoms with E-state index in [4.69, 9.17) is 9.47 Å². The first-order chi connectivity index (χ1) is 13.4. The molecule has 2 rings (SSSR count). The smallest absolute Gasteiger partial charge is 0.257 e. The van der Waals surface area contributed by atoms with Crippen molar-refractivity contribution in [3.05, 3.63) is 59.2 Å². The fourth-order valence-corrected chi connectivity index (χ4v) is 3.28. The van der Waals surface area contributed by atoms with Gasteiger partial charge in [0, 0.05) is 25.0 Å². The van der Waals surface area contributed by atoms with Gasteiger partial charge in [-0.1, -0.05) is 44.2 Å². The molecule has 28 heavy (non-hydrogen) atoms. The van der Waals surface area contributed by atoms with Crippen molar-refractivity contribution in [1.82, 2.24) is 10.6 Å². The predicted molar refractivity (Wildman–Crippen MR) is 113 cm³/mol. The highest BCUT2D eigenvalue weighted by molar-refractivity contribution is 5.77. The van der Waals surface area contributed by atoms with Crippen molar-refractivity contribution in [3.8, 4) is 11.5 Å². The summed E-state index contributed by atoms with van der Waals surface area (Å²) in [5.41, 5.74) is 3.80. The van der Waals surface area contributed by atoms with Gasteiger partial charge in [-0.3, -0.25) is 4.79 Å². The van der Waals surface area contributed by atoms with E-state index < -0.39 is 0 Å². The molecule has 0 fully saturated rings. The Bertz CT molecular complexity index is 787. The maximum atomic E-state index is 11.6. The second-order valence-electron chi connectivity index (χ2n) is 7.53. The van der Waals surface area contributed by atoms with Crippen LogP contribution >= 0.6 is 0 Å². The molecule has 0 saturated carbocycles. The number of hydrogen-bond donors (Lipinski definition) is 2. The second-order valence-corrected chi connectivity index (χ2v) is 7.53. The number of hydrogen-bond acceptors (Lipinski definition) is 4. The van der Waals surface area contributed by atoms with Crippen LogP contribution in [0.2, 0.25) is 0 Å². The molecule has 0 aliphatic heterocycles. The van der Waals surface area contributed by atoms with Crippen LogP contribution in [-0.2, 0) is 16.8 Å². The summed E-state index contributed by atoms with van der Waals surface area (Å²) in [6.07, 6.45) is 0. The largest absolute Gasteiger partial charge is 0.493 e. The molecule has 0 aliphatic rings. The van der Waals surface area contributed by atoms with Gasteiger partial charge < -0.3 is 20.1 Å². The zero-order valence-electron chi connectivity index (χ0n) is 17.6. The maximum Gasteiger partial charge on any atom is 0.257 e. The van der Waals surface area contributed by atoms with Gasteiger partial charge in [0.2, 0.25) is 0 Å². The lowest BCUT2D eigenvalue weighted by Crippen LogP contribution is -2.33. The van der Waals surface area contributed by atoms with Crippen LogP contribution in [-0.4, -0.2) is 32.7 Å². The lowest BCUT2D eigenvalue weighted by molar-refractivity contribution is -0.123. The average molecular weight is 385 g/mol. The summed E-state index contributed by atoms with van der Waals surface area (Å²) in [5, 5.41) is 6.25. The monoisotopic (exact) mass is 384 g/mol. The van der Waals surface area contributed by atoms with E-state index in [-0.39, 0.29) is 17.9 Å². The molecule has 5 nitrogen and oxygen atoms in total. The van der Waals surface area contributed by atoms with Crippen LogP contribution in [0.3, 0.4) is 0 Å². The van der Waals surface area contributed by atoms with Gasteiger partial charge in [0.1, 0.15) is 0 Å². The van der Waals surface area contributed by atoms with Crippen LogP contribution in [0.1, 0.15) is 37.5 Å². The Hall–Kier alpha value is -2.53. The SMILES string of the molecule is CCNC(=O)COc1ccc(CNCC(C)(C)c2ccccc2C)cc1OC. The van der Waals surface area contributed by atoms with Gasteiger partial charge in [0.15, 0.2) is 18.1 Å². The highest BCUT2D eigenvalue weighted by Gasteiger charge is 2.21. The van der Waals surface area contributed by atoms with Crippen LogP contribution in [0.4, 0.5) is 0 Å². The summed E-state index contributed by atoms with van der Waals surface area (Å²) in [6, 6.07) is 14.3. The summed E-state index contributed by atoms with van der Waals surface area (Å²) in [7, 11) is 1.60. The molecular formula is C23H32N2O3. The molecule has 1 amide bonds. The molecular weight excluding hydrogens is 352 g/mol. The van der Waals surface area contributed by atoms with Crippen LogP contribution in [0.5, 0.6) is 11.5 Å². The second kappa shape index (κ2) is 10.1. The molecule has 2 N–H and O–H groups in total. The quantitative estimate of drug-likeness (QED) is 0.657. The number of ether oxygens (including phenoxy) is 2. The van der Waals surface area contributed by atoms with Gasteiger partial charge >= 0.3 is 0 Å². The number of methoxy groups -OCH3 is 1. The Labute approximate surface area is 168 Å². The number of aryl methyl sites for hydroxylation is 1. The van der Waals surface area contributed by atoms with Gasteiger partial charge in [-0.15, -0.1) is 0 Å². The van der Waals surface area contributed by atoms with Gasteiger partial charge in [-0.05, 0) is 42.7 Å². The van der Waals surface area contributed by atoms with E-state index in [1.807, 2.05) is 25.1 Å². The summed E-state index contributed by atoms with van der Waals surface area (Å²) < 4.78 is 11.0. The maximum absolute atomic E-state index is 11.6. The van der Waals surface area contributed by atoms with Crippen LogP contribution in [0.25, 0.3) is 0 Å². The standard InChI is InChI=1S/C23H32N2O3/c1-6-25-22(26)15-28-20-12-11-18(13-21(20)27-5)14-24-16-23(3,4)19-10-8-7-9-17(19)2/h7-13,24H,6,14-16H2,1-5H3,(H,25,26). The normalized spacial score (nSPS) is 11.2. The summed E-state index contributed by atoms with van der Waals surface area (Å²) in [6.45, 7) is 10.7. The van der Waals surface area contributed by atoms with Crippen molar-refractivity contribution in [2.45, 2.75) is 39.7 Å². The molecule has 0 atom stereocenters. The van der Waals surface area contributed by atoms with E-state index >= 15 is 0 Å². The van der Waals surface area contributed by atoms with Gasteiger partial charge in [-0.2, -0.15) is 0 Å². The van der Waals surface area contributed by atoms with Gasteiger partial charge in [-0.25, -0.2) is 0 Å². The molecule has 0 unspecified atom stereocenters. The van der Waals surface area contributed by atoms with Crippen molar-refractivity contribution in [2.24, 2.45) is 0 Å². The Morgan fingerprint density at radius 2 is 1.86 bits per heavy atom. The molecule has 0 bridgehead atoms. The van der Waals surface area contributed by atoms with E-state index in [9.17, 15) is 4.79 Å². The fraction of sp³-hybridized carbons (Fsp3) is 0.435. The number of rotatable bonds is 10. The zero-order valence-corrected chi connectivity index (χ0v) is 17.6. The number of nitrogens with one attached hydrogen (secondary N) is 2. The first-order valence-corrected chi connectivity index (χ1v) is 9.70. The Morgan fingerprint density at radius 3 is 2.54 bits per heavy atom. The van der Waals surface area contributed by atoms with Crippen LogP contribution < -0.4 is 20.1 Å². The third kappa shape index (κ3) is 5.99. The summed E-state index contributed by atoms with van der Waals surface area (Å²) in [4.78, 5) is 11.6. The van der Waals surface area contributed by atoms with E-state index in [0.717, 1.165) is 18.7 Å². The lowest BCUT2D eigenvalue weighted by atomic mass is 9.82. The van der Waals surface area contributed by atoms with Gasteiger partial charge in [0.25, 0.3) is 5.91 Å². The van der Waals surface area contributed by atoms with Crippen LogP contribution in [0.15, 0.2) is 42.5 Å². The number of likely N-dealkylation sites (N-methyl/N-ethyl adjacent to an activating group) is 1. The Morgan fingerprint density at radius 1 is 1.11 bits per heavy atom. The molecule has 0 aliphatic carbocycles. The zero-order chi connectivity index (χ0) is 20.6. The molecule has 0 saturated heterocycles. The van der Waals surface area contributed by atoms with Crippen molar-refractivity contribution in [2.75, 3.05) is 26.8 Å². The highest BCUT2D eigenvalue weighted by Crippen LogP contribution is 2.29. The van der Waals surface area contributed by atoms with Crippen molar-refractivity contribution in [3.63, 3.8) is 0 Å². The van der Waals surface area contributed by atoms with E-state index in [0.29, 0.717) is 18.0 Å². The van der Waals surface area contributed by atoms with Crippen molar-refractivity contribution < 1.29 is 14.3 Å². The lowest BCUT2D eigenvalue weighted by Gasteiger charge is -2.27. The molecule has 0 radical (unpaired) electrons. The molecule has 2 aromatic carbocycles. The number of benzene rings is 2. The van der Waals surface area contributed by atoms with E-state index in [1.165, 1.54) is 11.1 Å². The third-order valence-electron chi connectivity index (χ3n) is 4.73. The molecule has 152 valence electrons. The Kier molecular flexibility index (Phi) is 7.88. The predicted octanol–water partition coefficient (Wildman–Crippen LogP) is 3.59. The minimum absolute atomic E-state index is 0.0214. The molecule has 0 spiro atoms. The topological polar surface area (TPSA) is 59.6 Å². The minimum Gasteiger partial charge on any atom is -0.493 e. The summed E-state index contributed by atoms with van der Waals surface area (Å²) >= 11 is 0. The Balaban J connectivity index is 1.95. The average Bonchev–Trinajstić information content (AvgIpc) is 2.67. The van der Waals surface area contributed by atoms with Crippen molar-refractivity contribution in [1.29, 1.82) is 0 Å². The molecule has 0 aromatic heterocycles. The van der Waals surface area contributed by atoms with E-state index in [1.54, 1.807) is 7.11 Å². The highest BCUT2D eigenvalue weighted by atomic mass is 16.5. The minimum atomic E-state index is -0.145. The van der Waals surface area contributed by atoms with E-state index in [2.05, 4.69) is 55.7 Å². The number of carbonyl (C=O) groups is 1. The molecule has 0 heterocycles.